The predicted molar refractivity (Wildman–Crippen MR) is 112 cm³/mol. The summed E-state index contributed by atoms with van der Waals surface area (Å²) in [5.41, 5.74) is 1.69. The zero-order valence-electron chi connectivity index (χ0n) is 16.7. The van der Waals surface area contributed by atoms with Crippen LogP contribution in [0.2, 0.25) is 0 Å². The van der Waals surface area contributed by atoms with Crippen molar-refractivity contribution in [3.05, 3.63) is 58.8 Å². The third-order valence-corrected chi connectivity index (χ3v) is 5.85. The van der Waals surface area contributed by atoms with E-state index in [2.05, 4.69) is 27.2 Å². The lowest BCUT2D eigenvalue weighted by Gasteiger charge is -2.28. The molecule has 8 nitrogen and oxygen atoms in total. The minimum absolute atomic E-state index is 0.0916. The molecule has 0 radical (unpaired) electrons. The highest BCUT2D eigenvalue weighted by Gasteiger charge is 2.32. The molecule has 2 aliphatic carbocycles. The van der Waals surface area contributed by atoms with Gasteiger partial charge in [0.2, 0.25) is 5.91 Å². The number of nitrogens with zero attached hydrogens (tertiary/aromatic N) is 2. The van der Waals surface area contributed by atoms with Gasteiger partial charge in [-0.15, -0.1) is 4.40 Å². The smallest absolute Gasteiger partial charge is 0.279 e. The van der Waals surface area contributed by atoms with Crippen molar-refractivity contribution in [2.75, 3.05) is 14.1 Å². The maximum Gasteiger partial charge on any atom is 0.279 e. The van der Waals surface area contributed by atoms with E-state index in [1.165, 1.54) is 4.90 Å². The molecule has 0 aromatic rings. The molecule has 9 heteroatoms. The second kappa shape index (κ2) is 8.38. The molecule has 3 aliphatic rings. The van der Waals surface area contributed by atoms with Crippen LogP contribution in [-0.4, -0.2) is 56.4 Å². The summed E-state index contributed by atoms with van der Waals surface area (Å²) in [5, 5.41) is 17.8. The van der Waals surface area contributed by atoms with Gasteiger partial charge in [0.15, 0.2) is 5.84 Å². The molecule has 2 unspecified atom stereocenters. The van der Waals surface area contributed by atoms with Crippen LogP contribution >= 0.6 is 0 Å². The van der Waals surface area contributed by atoms with Crippen molar-refractivity contribution >= 4 is 21.8 Å². The lowest BCUT2D eigenvalue weighted by atomic mass is 9.93. The molecule has 0 saturated heterocycles. The highest BCUT2D eigenvalue weighted by Crippen LogP contribution is 2.22. The zero-order chi connectivity index (χ0) is 21.2. The summed E-state index contributed by atoms with van der Waals surface area (Å²) >= 11 is 0. The van der Waals surface area contributed by atoms with Crippen LogP contribution in [0, 0.1) is 5.92 Å². The van der Waals surface area contributed by atoms with Gasteiger partial charge in [0.25, 0.3) is 10.0 Å². The first-order chi connectivity index (χ1) is 13.7. The number of hydrogen-bond donors (Lipinski definition) is 3. The monoisotopic (exact) mass is 418 g/mol. The summed E-state index contributed by atoms with van der Waals surface area (Å²) < 4.78 is 27.9. The first-order valence-corrected chi connectivity index (χ1v) is 10.9. The number of hydrogen-bond acceptors (Lipinski definition) is 6. The number of carbonyl (C=O) groups is 1. The number of aliphatic hydroxyl groups is 1. The molecular formula is C20H26N4O4S. The Bertz CT molecular complexity index is 970. The molecule has 1 heterocycles. The summed E-state index contributed by atoms with van der Waals surface area (Å²) in [6, 6.07) is -0.119. The van der Waals surface area contributed by atoms with Crippen LogP contribution in [0.4, 0.5) is 0 Å². The van der Waals surface area contributed by atoms with Crippen molar-refractivity contribution in [3.8, 4) is 0 Å². The average Bonchev–Trinajstić information content (AvgIpc) is 2.96. The van der Waals surface area contributed by atoms with Gasteiger partial charge in [-0.3, -0.25) is 4.79 Å². The van der Waals surface area contributed by atoms with E-state index in [4.69, 9.17) is 0 Å². The SMILES string of the molecule is C[C@@H](NC1=CS(=O)(=O)N=C1NC1=CC=CC(C(=O)N(C)C)C1O)C1=CCCC=C1. The van der Waals surface area contributed by atoms with Gasteiger partial charge in [-0.05, 0) is 31.4 Å². The van der Waals surface area contributed by atoms with Crippen molar-refractivity contribution in [2.24, 2.45) is 10.3 Å². The van der Waals surface area contributed by atoms with E-state index in [1.807, 2.05) is 13.0 Å². The van der Waals surface area contributed by atoms with Gasteiger partial charge in [0.1, 0.15) is 6.10 Å². The molecule has 1 amide bonds. The zero-order valence-corrected chi connectivity index (χ0v) is 17.5. The van der Waals surface area contributed by atoms with Crippen molar-refractivity contribution in [2.45, 2.75) is 31.9 Å². The first kappa shape index (κ1) is 21.1. The molecule has 29 heavy (non-hydrogen) atoms. The fraction of sp³-hybridized carbons (Fsp3) is 0.400. The average molecular weight is 419 g/mol. The molecule has 0 saturated carbocycles. The Balaban J connectivity index is 1.77. The van der Waals surface area contributed by atoms with Crippen molar-refractivity contribution in [3.63, 3.8) is 0 Å². The molecule has 0 aromatic heterocycles. The molecule has 0 spiro atoms. The molecule has 3 atom stereocenters. The molecule has 0 bridgehead atoms. The van der Waals surface area contributed by atoms with Crippen molar-refractivity contribution in [1.29, 1.82) is 0 Å². The number of amidine groups is 1. The van der Waals surface area contributed by atoms with Crippen LogP contribution in [-0.2, 0) is 14.8 Å². The highest BCUT2D eigenvalue weighted by molar-refractivity contribution is 7.93. The van der Waals surface area contributed by atoms with Gasteiger partial charge >= 0.3 is 0 Å². The Hall–Kier alpha value is -2.65. The third kappa shape index (κ3) is 4.86. The fourth-order valence-corrected chi connectivity index (χ4v) is 4.24. The van der Waals surface area contributed by atoms with Crippen LogP contribution in [0.1, 0.15) is 19.8 Å². The Morgan fingerprint density at radius 2 is 2.10 bits per heavy atom. The van der Waals surface area contributed by atoms with Gasteiger partial charge < -0.3 is 20.6 Å². The Labute approximate surface area is 171 Å². The Morgan fingerprint density at radius 3 is 2.76 bits per heavy atom. The second-order valence-corrected chi connectivity index (χ2v) is 8.82. The van der Waals surface area contributed by atoms with E-state index in [-0.39, 0.29) is 17.8 Å². The van der Waals surface area contributed by atoms with Crippen LogP contribution < -0.4 is 10.6 Å². The first-order valence-electron chi connectivity index (χ1n) is 9.43. The van der Waals surface area contributed by atoms with Crippen LogP contribution in [0.25, 0.3) is 0 Å². The second-order valence-electron chi connectivity index (χ2n) is 7.37. The van der Waals surface area contributed by atoms with Crippen molar-refractivity contribution in [1.82, 2.24) is 15.5 Å². The van der Waals surface area contributed by atoms with Gasteiger partial charge in [0, 0.05) is 25.8 Å². The molecule has 0 aromatic carbocycles. The lowest BCUT2D eigenvalue weighted by molar-refractivity contribution is -0.133. The van der Waals surface area contributed by atoms with Gasteiger partial charge in [-0.25, -0.2) is 0 Å². The van der Waals surface area contributed by atoms with E-state index in [0.29, 0.717) is 11.4 Å². The standard InChI is InChI=1S/C20H26N4O4S/c1-13(14-8-5-4-6-9-14)21-17-12-29(27,28)23-19(17)22-16-11-7-10-15(18(16)25)20(26)24(2)3/h5,7-13,15,18,21,25H,4,6H2,1-3H3,(H,22,23)/t13-,15?,18?/m1/s1. The van der Waals surface area contributed by atoms with Gasteiger partial charge in [-0.1, -0.05) is 30.4 Å². The van der Waals surface area contributed by atoms with Gasteiger partial charge in [-0.2, -0.15) is 8.42 Å². The van der Waals surface area contributed by atoms with E-state index >= 15 is 0 Å². The van der Waals surface area contributed by atoms with Gasteiger partial charge in [0.05, 0.1) is 17.0 Å². The maximum absolute atomic E-state index is 12.3. The highest BCUT2D eigenvalue weighted by atomic mass is 32.2. The number of sulfonamides is 1. The predicted octanol–water partition coefficient (Wildman–Crippen LogP) is 0.933. The quantitative estimate of drug-likeness (QED) is 0.613. The van der Waals surface area contributed by atoms with Crippen molar-refractivity contribution < 1.29 is 18.3 Å². The third-order valence-electron chi connectivity index (χ3n) is 4.88. The fourth-order valence-electron chi connectivity index (χ4n) is 3.32. The summed E-state index contributed by atoms with van der Waals surface area (Å²) in [4.78, 5) is 13.7. The number of aliphatic hydroxyl groups excluding tert-OH is 1. The normalized spacial score (nSPS) is 26.1. The number of nitrogens with one attached hydrogen (secondary N) is 2. The molecule has 1 aliphatic heterocycles. The van der Waals surface area contributed by atoms with E-state index in [0.717, 1.165) is 23.8 Å². The minimum atomic E-state index is -3.77. The lowest BCUT2D eigenvalue weighted by Crippen LogP contribution is -2.43. The largest absolute Gasteiger partial charge is 0.386 e. The summed E-state index contributed by atoms with van der Waals surface area (Å²) in [6.07, 6.45) is 11.9. The molecular weight excluding hydrogens is 392 g/mol. The molecule has 156 valence electrons. The summed E-state index contributed by atoms with van der Waals surface area (Å²) in [6.45, 7) is 1.94. The van der Waals surface area contributed by atoms with Crippen LogP contribution in [0.15, 0.2) is 63.2 Å². The molecule has 0 fully saturated rings. The molecule has 3 rings (SSSR count). The van der Waals surface area contributed by atoms with E-state index in [1.54, 1.807) is 32.3 Å². The summed E-state index contributed by atoms with van der Waals surface area (Å²) in [7, 11) is -0.544. The number of carbonyl (C=O) groups excluding carboxylic acids is 1. The number of rotatable bonds is 5. The minimum Gasteiger partial charge on any atom is -0.386 e. The topological polar surface area (TPSA) is 111 Å². The Kier molecular flexibility index (Phi) is 6.09. The molecule has 3 N–H and O–H groups in total. The number of allylic oxidation sites excluding steroid dienone is 4. The van der Waals surface area contributed by atoms with Crippen LogP contribution in [0.3, 0.4) is 0 Å². The van der Waals surface area contributed by atoms with Crippen LogP contribution in [0.5, 0.6) is 0 Å². The number of amides is 1. The van der Waals surface area contributed by atoms with E-state index in [9.17, 15) is 18.3 Å². The van der Waals surface area contributed by atoms with E-state index < -0.39 is 22.0 Å². The summed E-state index contributed by atoms with van der Waals surface area (Å²) in [5.74, 6) is -0.914. The maximum atomic E-state index is 12.3. The Morgan fingerprint density at radius 1 is 1.34 bits per heavy atom.